The highest BCUT2D eigenvalue weighted by Crippen LogP contribution is 2.30. The van der Waals surface area contributed by atoms with Crippen molar-refractivity contribution in [3.63, 3.8) is 0 Å². The van der Waals surface area contributed by atoms with E-state index < -0.39 is 0 Å². The molecule has 1 amide bonds. The van der Waals surface area contributed by atoms with E-state index >= 15 is 0 Å². The van der Waals surface area contributed by atoms with Crippen LogP contribution in [0.3, 0.4) is 0 Å². The molecule has 2 N–H and O–H groups in total. The molecule has 2 aromatic rings. The first-order valence-corrected chi connectivity index (χ1v) is 8.17. The molecule has 0 aliphatic heterocycles. The third kappa shape index (κ3) is 7.84. The summed E-state index contributed by atoms with van der Waals surface area (Å²) in [7, 11) is 1.88. The number of hydrogen-bond acceptors (Lipinski definition) is 4. The summed E-state index contributed by atoms with van der Waals surface area (Å²) >= 11 is 12.0. The fraction of sp³-hybridized carbons (Fsp3) is 0.375. The predicted octanol–water partition coefficient (Wildman–Crippen LogP) is 4.15. The van der Waals surface area contributed by atoms with Crippen molar-refractivity contribution in [1.82, 2.24) is 15.6 Å². The SMILES string of the molecule is CNCCCNC(=O)CCc1ncc(-c2ccc(Cl)cc2Cl)o1.Cl.Cl. The fourth-order valence-electron chi connectivity index (χ4n) is 2.04. The van der Waals surface area contributed by atoms with Crippen molar-refractivity contribution in [3.8, 4) is 11.3 Å². The summed E-state index contributed by atoms with van der Waals surface area (Å²) in [5.41, 5.74) is 0.728. The maximum absolute atomic E-state index is 11.7. The normalized spacial score (nSPS) is 9.88. The van der Waals surface area contributed by atoms with Crippen molar-refractivity contribution in [3.05, 3.63) is 40.3 Å². The van der Waals surface area contributed by atoms with Gasteiger partial charge in [-0.3, -0.25) is 4.79 Å². The second-order valence-electron chi connectivity index (χ2n) is 5.05. The van der Waals surface area contributed by atoms with Gasteiger partial charge < -0.3 is 15.1 Å². The molecule has 1 aromatic carbocycles. The number of carbonyl (C=O) groups is 1. The number of aryl methyl sites for hydroxylation is 1. The maximum Gasteiger partial charge on any atom is 0.220 e. The number of aromatic nitrogens is 1. The minimum atomic E-state index is -0.00891. The van der Waals surface area contributed by atoms with E-state index in [0.717, 1.165) is 18.5 Å². The van der Waals surface area contributed by atoms with Gasteiger partial charge in [0.25, 0.3) is 0 Å². The van der Waals surface area contributed by atoms with Crippen LogP contribution in [0.5, 0.6) is 0 Å². The van der Waals surface area contributed by atoms with Crippen LogP contribution in [-0.2, 0) is 11.2 Å². The molecule has 2 rings (SSSR count). The summed E-state index contributed by atoms with van der Waals surface area (Å²) in [5.74, 6) is 1.07. The van der Waals surface area contributed by atoms with Crippen LogP contribution in [-0.4, -0.2) is 31.0 Å². The largest absolute Gasteiger partial charge is 0.441 e. The molecule has 0 spiro atoms. The topological polar surface area (TPSA) is 67.2 Å². The first kappa shape index (κ1) is 24.0. The van der Waals surface area contributed by atoms with Crippen molar-refractivity contribution < 1.29 is 9.21 Å². The highest BCUT2D eigenvalue weighted by molar-refractivity contribution is 6.36. The van der Waals surface area contributed by atoms with E-state index in [-0.39, 0.29) is 30.7 Å². The number of oxazole rings is 1. The number of rotatable bonds is 8. The molecule has 9 heteroatoms. The average molecular weight is 429 g/mol. The number of nitrogens with zero attached hydrogens (tertiary/aromatic N) is 1. The monoisotopic (exact) mass is 427 g/mol. The average Bonchev–Trinajstić information content (AvgIpc) is 2.98. The summed E-state index contributed by atoms with van der Waals surface area (Å²) < 4.78 is 5.66. The van der Waals surface area contributed by atoms with Gasteiger partial charge in [-0.25, -0.2) is 4.98 Å². The number of nitrogens with one attached hydrogen (secondary N) is 2. The minimum Gasteiger partial charge on any atom is -0.441 e. The maximum atomic E-state index is 11.7. The number of hydrogen-bond donors (Lipinski definition) is 2. The van der Waals surface area contributed by atoms with Crippen LogP contribution < -0.4 is 10.6 Å². The van der Waals surface area contributed by atoms with Gasteiger partial charge >= 0.3 is 0 Å². The fourth-order valence-corrected chi connectivity index (χ4v) is 2.54. The van der Waals surface area contributed by atoms with Crippen molar-refractivity contribution >= 4 is 53.9 Å². The summed E-state index contributed by atoms with van der Waals surface area (Å²) in [4.78, 5) is 15.9. The quantitative estimate of drug-likeness (QED) is 0.619. The summed E-state index contributed by atoms with van der Waals surface area (Å²) in [6.45, 7) is 1.54. The zero-order valence-corrected chi connectivity index (χ0v) is 16.8. The lowest BCUT2D eigenvalue weighted by Crippen LogP contribution is -2.26. The molecule has 25 heavy (non-hydrogen) atoms. The van der Waals surface area contributed by atoms with Crippen LogP contribution >= 0.6 is 48.0 Å². The summed E-state index contributed by atoms with van der Waals surface area (Å²) in [5, 5.41) is 6.95. The zero-order chi connectivity index (χ0) is 16.7. The molecule has 140 valence electrons. The van der Waals surface area contributed by atoms with Gasteiger partial charge in [0.2, 0.25) is 5.91 Å². The Morgan fingerprint density at radius 3 is 2.68 bits per heavy atom. The third-order valence-corrected chi connectivity index (χ3v) is 3.79. The van der Waals surface area contributed by atoms with Crippen molar-refractivity contribution in [2.24, 2.45) is 0 Å². The lowest BCUT2D eigenvalue weighted by molar-refractivity contribution is -0.121. The number of halogens is 4. The van der Waals surface area contributed by atoms with E-state index in [2.05, 4.69) is 15.6 Å². The zero-order valence-electron chi connectivity index (χ0n) is 13.7. The van der Waals surface area contributed by atoms with Crippen molar-refractivity contribution in [1.29, 1.82) is 0 Å². The molecule has 1 aromatic heterocycles. The second-order valence-corrected chi connectivity index (χ2v) is 5.89. The first-order valence-electron chi connectivity index (χ1n) is 7.41. The minimum absolute atomic E-state index is 0. The van der Waals surface area contributed by atoms with E-state index in [1.54, 1.807) is 24.4 Å². The van der Waals surface area contributed by atoms with Gasteiger partial charge in [-0.1, -0.05) is 23.2 Å². The summed E-state index contributed by atoms with van der Waals surface area (Å²) in [6, 6.07) is 5.17. The van der Waals surface area contributed by atoms with Crippen LogP contribution in [0.4, 0.5) is 0 Å². The van der Waals surface area contributed by atoms with Gasteiger partial charge in [-0.2, -0.15) is 0 Å². The van der Waals surface area contributed by atoms with Crippen molar-refractivity contribution in [2.45, 2.75) is 19.3 Å². The Bertz CT molecular complexity index is 665. The highest BCUT2D eigenvalue weighted by atomic mass is 35.5. The molecule has 0 saturated heterocycles. The smallest absolute Gasteiger partial charge is 0.220 e. The Morgan fingerprint density at radius 1 is 1.24 bits per heavy atom. The molecule has 0 aliphatic rings. The number of carbonyl (C=O) groups excluding carboxylic acids is 1. The van der Waals surface area contributed by atoms with Crippen molar-refractivity contribution in [2.75, 3.05) is 20.1 Å². The van der Waals surface area contributed by atoms with Crippen LogP contribution in [0.2, 0.25) is 10.0 Å². The first-order chi connectivity index (χ1) is 11.1. The van der Waals surface area contributed by atoms with Gasteiger partial charge in [0, 0.05) is 30.0 Å². The van der Waals surface area contributed by atoms with Crippen LogP contribution in [0.25, 0.3) is 11.3 Å². The lowest BCUT2D eigenvalue weighted by atomic mass is 10.2. The van der Waals surface area contributed by atoms with Gasteiger partial charge in [0.1, 0.15) is 0 Å². The molecule has 1 heterocycles. The van der Waals surface area contributed by atoms with Gasteiger partial charge in [0.15, 0.2) is 11.7 Å². The lowest BCUT2D eigenvalue weighted by Gasteiger charge is -2.03. The van der Waals surface area contributed by atoms with E-state index in [9.17, 15) is 4.79 Å². The van der Waals surface area contributed by atoms with Crippen LogP contribution in [0, 0.1) is 0 Å². The Morgan fingerprint density at radius 2 is 2.00 bits per heavy atom. The van der Waals surface area contributed by atoms with Gasteiger partial charge in [0.05, 0.1) is 11.2 Å². The molecular formula is C16H21Cl4N3O2. The molecule has 0 unspecified atom stereocenters. The Balaban J connectivity index is 0.00000288. The van der Waals surface area contributed by atoms with E-state index in [0.29, 0.717) is 41.1 Å². The highest BCUT2D eigenvalue weighted by Gasteiger charge is 2.11. The van der Waals surface area contributed by atoms with Crippen LogP contribution in [0.1, 0.15) is 18.7 Å². The molecule has 0 atom stereocenters. The molecule has 0 saturated carbocycles. The van der Waals surface area contributed by atoms with Gasteiger partial charge in [-0.15, -0.1) is 24.8 Å². The second kappa shape index (κ2) is 12.4. The Labute approximate surface area is 169 Å². The van der Waals surface area contributed by atoms with E-state index in [4.69, 9.17) is 27.6 Å². The molecule has 0 fully saturated rings. The number of benzene rings is 1. The molecule has 0 radical (unpaired) electrons. The predicted molar refractivity (Wildman–Crippen MR) is 106 cm³/mol. The van der Waals surface area contributed by atoms with Gasteiger partial charge in [-0.05, 0) is 38.2 Å². The Kier molecular flexibility index (Phi) is 11.9. The standard InChI is InChI=1S/C16H19Cl2N3O2.2ClH/c1-19-7-2-8-20-15(22)5-6-16-21-10-14(23-16)12-4-3-11(17)9-13(12)18;;/h3-4,9-10,19H,2,5-8H2,1H3,(H,20,22);2*1H. The summed E-state index contributed by atoms with van der Waals surface area (Å²) in [6.07, 6.45) is 3.30. The Hall–Kier alpha value is -0.980. The molecule has 5 nitrogen and oxygen atoms in total. The molecule has 0 bridgehead atoms. The number of amides is 1. The third-order valence-electron chi connectivity index (χ3n) is 3.24. The van der Waals surface area contributed by atoms with E-state index in [1.807, 2.05) is 7.05 Å². The van der Waals surface area contributed by atoms with E-state index in [1.165, 1.54) is 0 Å². The van der Waals surface area contributed by atoms with Crippen LogP contribution in [0.15, 0.2) is 28.8 Å². The molecular weight excluding hydrogens is 408 g/mol. The molecule has 0 aliphatic carbocycles.